The number of hydrogen-bond donors (Lipinski definition) is 1. The number of hydrogen-bond acceptors (Lipinski definition) is 1. The molecule has 0 bridgehead atoms. The Bertz CT molecular complexity index is 320. The molecule has 1 rings (SSSR count). The minimum atomic E-state index is -5.67. The summed E-state index contributed by atoms with van der Waals surface area (Å²) in [6.07, 6.45) is -9.57. The first-order valence-corrected chi connectivity index (χ1v) is 6.07. The molecule has 0 aliphatic heterocycles. The molecule has 1 N–H and O–H groups in total. The molecule has 0 aromatic carbocycles. The molecule has 1 amide bonds. The van der Waals surface area contributed by atoms with Gasteiger partial charge in [-0.2, -0.15) is 26.3 Å². The molecule has 19 heavy (non-hydrogen) atoms. The van der Waals surface area contributed by atoms with Crippen molar-refractivity contribution in [2.24, 2.45) is 5.92 Å². The van der Waals surface area contributed by atoms with Crippen LogP contribution in [0.3, 0.4) is 0 Å². The highest BCUT2D eigenvalue weighted by atomic mass is 35.5. The third-order valence-electron chi connectivity index (χ3n) is 3.12. The van der Waals surface area contributed by atoms with Crippen molar-refractivity contribution in [2.75, 3.05) is 5.88 Å². The van der Waals surface area contributed by atoms with Crippen LogP contribution in [0.25, 0.3) is 0 Å². The highest BCUT2D eigenvalue weighted by Gasteiger charge is 2.61. The van der Waals surface area contributed by atoms with Crippen molar-refractivity contribution in [3.63, 3.8) is 0 Å². The van der Waals surface area contributed by atoms with Gasteiger partial charge in [0, 0.05) is 5.88 Å². The average Bonchev–Trinajstić information content (AvgIpc) is 2.61. The van der Waals surface area contributed by atoms with Gasteiger partial charge in [-0.1, -0.05) is 12.8 Å². The summed E-state index contributed by atoms with van der Waals surface area (Å²) in [5.41, 5.74) is -1.16. The van der Waals surface area contributed by atoms with Crippen LogP contribution in [0.5, 0.6) is 0 Å². The molecule has 1 aliphatic carbocycles. The molecule has 0 aromatic rings. The Kier molecular flexibility index (Phi) is 4.64. The minimum absolute atomic E-state index is 0.207. The van der Waals surface area contributed by atoms with Crippen LogP contribution in [0.4, 0.5) is 26.3 Å². The van der Waals surface area contributed by atoms with E-state index in [1.54, 1.807) is 0 Å². The summed E-state index contributed by atoms with van der Waals surface area (Å²) in [6, 6.07) is 0. The predicted octanol–water partition coefficient (Wildman–Crippen LogP) is 3.40. The molecule has 0 radical (unpaired) electrons. The molecule has 112 valence electrons. The number of carbonyl (C=O) groups is 1. The molecule has 0 unspecified atom stereocenters. The van der Waals surface area contributed by atoms with Gasteiger partial charge in [0.05, 0.1) is 5.54 Å². The third kappa shape index (κ3) is 3.90. The highest BCUT2D eigenvalue weighted by molar-refractivity contribution is 6.18. The van der Waals surface area contributed by atoms with Crippen molar-refractivity contribution < 1.29 is 31.1 Å². The van der Waals surface area contributed by atoms with E-state index >= 15 is 0 Å². The first-order valence-electron chi connectivity index (χ1n) is 5.53. The zero-order valence-corrected chi connectivity index (χ0v) is 10.4. The Morgan fingerprint density at radius 2 is 1.53 bits per heavy atom. The van der Waals surface area contributed by atoms with Crippen LogP contribution in [-0.4, -0.2) is 29.7 Å². The Balaban J connectivity index is 2.90. The van der Waals surface area contributed by atoms with Gasteiger partial charge in [0.25, 0.3) is 0 Å². The van der Waals surface area contributed by atoms with Gasteiger partial charge in [0.1, 0.15) is 0 Å². The van der Waals surface area contributed by atoms with E-state index < -0.39 is 29.7 Å². The first-order chi connectivity index (χ1) is 8.52. The second kappa shape index (κ2) is 5.38. The molecule has 0 spiro atoms. The summed E-state index contributed by atoms with van der Waals surface area (Å²) in [5.74, 6) is -6.30. The van der Waals surface area contributed by atoms with Crippen LogP contribution in [0.1, 0.15) is 25.7 Å². The molecule has 1 fully saturated rings. The number of alkyl halides is 7. The van der Waals surface area contributed by atoms with E-state index in [9.17, 15) is 31.1 Å². The van der Waals surface area contributed by atoms with Crippen LogP contribution in [-0.2, 0) is 4.79 Å². The first kappa shape index (κ1) is 16.4. The zero-order chi connectivity index (χ0) is 14.9. The lowest BCUT2D eigenvalue weighted by atomic mass is 9.98. The van der Waals surface area contributed by atoms with Gasteiger partial charge in [-0.3, -0.25) is 4.79 Å². The molecule has 0 heterocycles. The maximum Gasteiger partial charge on any atom is 0.409 e. The quantitative estimate of drug-likeness (QED) is 0.628. The van der Waals surface area contributed by atoms with Crippen LogP contribution >= 0.6 is 11.6 Å². The van der Waals surface area contributed by atoms with Crippen LogP contribution in [0.2, 0.25) is 0 Å². The predicted molar refractivity (Wildman–Crippen MR) is 55.7 cm³/mol. The summed E-state index contributed by atoms with van der Waals surface area (Å²) in [6.45, 7) is 0. The normalized spacial score (nSPS) is 19.8. The lowest BCUT2D eigenvalue weighted by Crippen LogP contribution is -2.55. The Morgan fingerprint density at radius 1 is 1.11 bits per heavy atom. The Labute approximate surface area is 110 Å². The largest absolute Gasteiger partial charge is 0.409 e. The van der Waals surface area contributed by atoms with E-state index in [2.05, 4.69) is 0 Å². The van der Waals surface area contributed by atoms with E-state index in [0.717, 1.165) is 0 Å². The lowest BCUT2D eigenvalue weighted by molar-refractivity contribution is -0.274. The summed E-state index contributed by atoms with van der Waals surface area (Å²) in [5, 5.41) is 1.84. The smallest absolute Gasteiger partial charge is 0.349 e. The van der Waals surface area contributed by atoms with Crippen molar-refractivity contribution in [2.45, 2.75) is 43.6 Å². The Morgan fingerprint density at radius 3 is 1.84 bits per heavy atom. The van der Waals surface area contributed by atoms with E-state index in [0.29, 0.717) is 12.8 Å². The molecule has 9 heteroatoms. The SMILES string of the molecule is O=C(NC1(CCl)CCCC1)C(C(F)(F)F)C(F)(F)F. The number of nitrogens with one attached hydrogen (secondary N) is 1. The van der Waals surface area contributed by atoms with E-state index in [1.165, 1.54) is 0 Å². The monoisotopic (exact) mass is 311 g/mol. The summed E-state index contributed by atoms with van der Waals surface area (Å²) in [4.78, 5) is 11.3. The Hall–Kier alpha value is -0.660. The molecule has 0 aromatic heterocycles. The second-order valence-electron chi connectivity index (χ2n) is 4.63. The number of halogens is 7. The van der Waals surface area contributed by atoms with Crippen molar-refractivity contribution >= 4 is 17.5 Å². The molecular weight excluding hydrogens is 300 g/mol. The summed E-state index contributed by atoms with van der Waals surface area (Å²) >= 11 is 5.56. The maximum absolute atomic E-state index is 12.4. The van der Waals surface area contributed by atoms with Crippen molar-refractivity contribution in [1.82, 2.24) is 5.32 Å². The number of rotatable bonds is 3. The van der Waals surface area contributed by atoms with E-state index in [-0.39, 0.29) is 18.7 Å². The lowest BCUT2D eigenvalue weighted by Gasteiger charge is -2.31. The van der Waals surface area contributed by atoms with Gasteiger partial charge < -0.3 is 5.32 Å². The number of carbonyl (C=O) groups excluding carboxylic acids is 1. The third-order valence-corrected chi connectivity index (χ3v) is 3.63. The van der Waals surface area contributed by atoms with E-state index in [4.69, 9.17) is 11.6 Å². The van der Waals surface area contributed by atoms with Gasteiger partial charge in [-0.15, -0.1) is 11.6 Å². The topological polar surface area (TPSA) is 29.1 Å². The molecular formula is C10H12ClF6NO. The standard InChI is InChI=1S/C10H12ClF6NO/c11-5-8(3-1-2-4-8)18-7(19)6(9(12,13)14)10(15,16)17/h6H,1-5H2,(H,18,19). The van der Waals surface area contributed by atoms with Crippen LogP contribution in [0, 0.1) is 5.92 Å². The van der Waals surface area contributed by atoms with Gasteiger partial charge in [0.15, 0.2) is 0 Å². The fourth-order valence-electron chi connectivity index (χ4n) is 2.16. The number of amides is 1. The zero-order valence-electron chi connectivity index (χ0n) is 9.67. The van der Waals surface area contributed by atoms with Crippen molar-refractivity contribution in [3.8, 4) is 0 Å². The van der Waals surface area contributed by atoms with E-state index in [1.807, 2.05) is 5.32 Å². The molecule has 0 saturated heterocycles. The molecule has 1 saturated carbocycles. The molecule has 0 atom stereocenters. The average molecular weight is 312 g/mol. The minimum Gasteiger partial charge on any atom is -0.349 e. The van der Waals surface area contributed by atoms with Crippen LogP contribution in [0.15, 0.2) is 0 Å². The maximum atomic E-state index is 12.4. The molecule has 2 nitrogen and oxygen atoms in total. The van der Waals surface area contributed by atoms with Gasteiger partial charge >= 0.3 is 12.4 Å². The fraction of sp³-hybridized carbons (Fsp3) is 0.900. The fourth-order valence-corrected chi connectivity index (χ4v) is 2.49. The van der Waals surface area contributed by atoms with Gasteiger partial charge in [-0.25, -0.2) is 0 Å². The van der Waals surface area contributed by atoms with Gasteiger partial charge in [0.2, 0.25) is 11.8 Å². The van der Waals surface area contributed by atoms with Crippen LogP contribution < -0.4 is 5.32 Å². The summed E-state index contributed by atoms with van der Waals surface area (Å²) in [7, 11) is 0. The van der Waals surface area contributed by atoms with Crippen molar-refractivity contribution in [1.29, 1.82) is 0 Å². The highest BCUT2D eigenvalue weighted by Crippen LogP contribution is 2.40. The second-order valence-corrected chi connectivity index (χ2v) is 4.89. The van der Waals surface area contributed by atoms with Gasteiger partial charge in [-0.05, 0) is 12.8 Å². The van der Waals surface area contributed by atoms with Crippen molar-refractivity contribution in [3.05, 3.63) is 0 Å². The summed E-state index contributed by atoms with van der Waals surface area (Å²) < 4.78 is 74.1. The molecule has 1 aliphatic rings.